The highest BCUT2D eigenvalue weighted by atomic mass is 35.5. The molecule has 22 heteroatoms. The minimum absolute atomic E-state index is 0.0785. The lowest BCUT2D eigenvalue weighted by Gasteiger charge is -2.35. The topological polar surface area (TPSA) is 228 Å². The molecule has 5 N–H and O–H groups in total. The summed E-state index contributed by atoms with van der Waals surface area (Å²) in [6.45, 7) is 13.6. The molecular formula is C49H63Cl2N13O6S. The summed E-state index contributed by atoms with van der Waals surface area (Å²) in [5.74, 6) is -0.303. The minimum atomic E-state index is -0.761. The third-order valence-electron chi connectivity index (χ3n) is 12.6. The largest absolute Gasteiger partial charge is 0.475 e. The second-order valence-corrected chi connectivity index (χ2v) is 20.5. The maximum absolute atomic E-state index is 14.2. The number of ether oxygens (including phenoxy) is 2. The number of halogens is 2. The van der Waals surface area contributed by atoms with E-state index in [1.165, 1.54) is 34.0 Å². The predicted molar refractivity (Wildman–Crippen MR) is 274 cm³/mol. The van der Waals surface area contributed by atoms with Gasteiger partial charge in [0.1, 0.15) is 18.3 Å². The Bertz CT molecular complexity index is 2750. The molecule has 0 saturated carbocycles. The number of hydrogen-bond donors (Lipinski definition) is 5. The quantitative estimate of drug-likeness (QED) is 0.0402. The molecule has 5 aromatic heterocycles. The summed E-state index contributed by atoms with van der Waals surface area (Å²) in [7, 11) is 1.54. The zero-order chi connectivity index (χ0) is 50.8. The third-order valence-corrected chi connectivity index (χ3v) is 14.0. The molecule has 1 fully saturated rings. The standard InChI is InChI=1S/C49H63Cl2N13O6S/c1-29(32-14-16-33(17-15-32)43-30(2)54-28-71-43)57-45(66)39-23-34(65)27-62(39)47(67)35(49(4,5)6)13-11-9-8-10-12-18-52-21-22-70-46-37(24-36(50)44(60-46)64-55-19-20-56-64)58-48(68)59-38-26-53-41-25-40(51)61-63(41)42(38)31(3)69-7/h14-17,19-20,24-26,28-29,31,34-35,39,52,65H,8-13,18,21-23,27H2,1-7H3,(H,57,66)(H2,58,59,68)/t29-,31-,34+,35?,39-/m0/s1. The van der Waals surface area contributed by atoms with Crippen LogP contribution in [0.5, 0.6) is 5.88 Å². The van der Waals surface area contributed by atoms with Crippen LogP contribution in [0.1, 0.15) is 109 Å². The van der Waals surface area contributed by atoms with E-state index < -0.39 is 24.3 Å². The summed E-state index contributed by atoms with van der Waals surface area (Å²) < 4.78 is 13.2. The third kappa shape index (κ3) is 13.4. The van der Waals surface area contributed by atoms with Crippen LogP contribution in [0, 0.1) is 18.3 Å². The van der Waals surface area contributed by atoms with E-state index in [1.54, 1.807) is 29.4 Å². The van der Waals surface area contributed by atoms with Crippen LogP contribution in [0.15, 0.2) is 60.5 Å². The number of benzene rings is 1. The summed E-state index contributed by atoms with van der Waals surface area (Å²) in [6, 6.07) is 9.58. The van der Waals surface area contributed by atoms with Crippen molar-refractivity contribution in [1.82, 2.24) is 55.1 Å². The average molecular weight is 1030 g/mol. The van der Waals surface area contributed by atoms with Crippen molar-refractivity contribution in [2.75, 3.05) is 44.0 Å². The summed E-state index contributed by atoms with van der Waals surface area (Å²) in [5.41, 5.74) is 6.10. The van der Waals surface area contributed by atoms with Gasteiger partial charge in [-0.1, -0.05) is 93.9 Å². The Morgan fingerprint density at radius 1 is 0.958 bits per heavy atom. The molecule has 0 radical (unpaired) electrons. The number of anilines is 2. The van der Waals surface area contributed by atoms with Crippen LogP contribution in [0.25, 0.3) is 21.9 Å². The van der Waals surface area contributed by atoms with Gasteiger partial charge in [0, 0.05) is 38.6 Å². The first-order chi connectivity index (χ1) is 34.0. The minimum Gasteiger partial charge on any atom is -0.475 e. The molecule has 0 aliphatic carbocycles. The van der Waals surface area contributed by atoms with Crippen molar-refractivity contribution in [3.8, 4) is 22.1 Å². The number of unbranched alkanes of at least 4 members (excludes halogenated alkanes) is 4. The first kappa shape index (κ1) is 53.0. The summed E-state index contributed by atoms with van der Waals surface area (Å²) in [4.78, 5) is 58.7. The van der Waals surface area contributed by atoms with Gasteiger partial charge in [0.25, 0.3) is 0 Å². The molecule has 1 aromatic carbocycles. The van der Waals surface area contributed by atoms with Gasteiger partial charge in [0.15, 0.2) is 16.6 Å². The van der Waals surface area contributed by atoms with Crippen LogP contribution in [-0.2, 0) is 14.3 Å². The highest BCUT2D eigenvalue weighted by Crippen LogP contribution is 2.36. The van der Waals surface area contributed by atoms with Crippen LogP contribution in [0.4, 0.5) is 16.2 Å². The zero-order valence-corrected chi connectivity index (χ0v) is 43.4. The van der Waals surface area contributed by atoms with Crippen molar-refractivity contribution in [2.45, 2.75) is 111 Å². The van der Waals surface area contributed by atoms with Gasteiger partial charge < -0.3 is 40.7 Å². The number of nitrogens with one attached hydrogen (secondary N) is 4. The summed E-state index contributed by atoms with van der Waals surface area (Å²) >= 11 is 14.4. The number of urea groups is 1. The molecule has 1 saturated heterocycles. The fourth-order valence-electron chi connectivity index (χ4n) is 8.73. The van der Waals surface area contributed by atoms with Gasteiger partial charge in [-0.25, -0.2) is 19.3 Å². The van der Waals surface area contributed by atoms with E-state index in [0.717, 1.165) is 60.3 Å². The fraction of sp³-hybridized carbons (Fsp3) is 0.490. The Labute approximate surface area is 427 Å². The molecular weight excluding hydrogens is 970 g/mol. The molecule has 380 valence electrons. The van der Waals surface area contributed by atoms with Crippen molar-refractivity contribution in [3.05, 3.63) is 87.6 Å². The molecule has 7 rings (SSSR count). The average Bonchev–Trinajstić information content (AvgIpc) is 4.17. The SMILES string of the molecule is CO[C@@H](C)c1c(NC(=O)Nc2cc(Cl)c(-n3nccn3)nc2OCCNCCCCCCCC(C(=O)N2C[C@H](O)C[C@H]2C(=O)N[C@@H](C)c2ccc(-c3scnc3C)cc2)C(C)(C)C)cnc2cc(Cl)nn12. The van der Waals surface area contributed by atoms with Crippen molar-refractivity contribution in [2.24, 2.45) is 11.3 Å². The lowest BCUT2D eigenvalue weighted by Crippen LogP contribution is -2.50. The Morgan fingerprint density at radius 3 is 2.38 bits per heavy atom. The van der Waals surface area contributed by atoms with E-state index in [9.17, 15) is 19.5 Å². The van der Waals surface area contributed by atoms with E-state index >= 15 is 0 Å². The second-order valence-electron chi connectivity index (χ2n) is 18.8. The Kier molecular flexibility index (Phi) is 18.0. The molecule has 6 aromatic rings. The van der Waals surface area contributed by atoms with E-state index in [-0.39, 0.29) is 76.3 Å². The molecule has 19 nitrogen and oxygen atoms in total. The number of fused-ring (bicyclic) bond motifs is 1. The summed E-state index contributed by atoms with van der Waals surface area (Å²) in [6.07, 6.45) is 8.93. The first-order valence-corrected chi connectivity index (χ1v) is 25.5. The highest BCUT2D eigenvalue weighted by molar-refractivity contribution is 7.13. The number of aliphatic hydroxyl groups excluding tert-OH is 1. The van der Waals surface area contributed by atoms with E-state index in [1.807, 2.05) is 50.5 Å². The second kappa shape index (κ2) is 24.1. The van der Waals surface area contributed by atoms with Gasteiger partial charge in [-0.3, -0.25) is 9.59 Å². The number of thiazole rings is 1. The van der Waals surface area contributed by atoms with Crippen molar-refractivity contribution in [3.63, 3.8) is 0 Å². The number of aryl methyl sites for hydroxylation is 1. The van der Waals surface area contributed by atoms with Gasteiger partial charge in [0.2, 0.25) is 17.7 Å². The first-order valence-electron chi connectivity index (χ1n) is 23.9. The maximum Gasteiger partial charge on any atom is 0.323 e. The smallest absolute Gasteiger partial charge is 0.323 e. The molecule has 1 unspecified atom stereocenters. The number of β-amino-alcohol motifs (C(OH)–C–C–N with tert-alkyl or cyclic N) is 1. The number of amides is 4. The molecule has 1 aliphatic heterocycles. The fourth-order valence-corrected chi connectivity index (χ4v) is 9.94. The number of methoxy groups -OCH3 is 1. The van der Waals surface area contributed by atoms with Crippen LogP contribution in [0.2, 0.25) is 10.2 Å². The number of nitrogens with zero attached hydrogens (tertiary/aromatic N) is 9. The number of aromatic nitrogens is 8. The number of pyridine rings is 1. The molecule has 4 amide bonds. The normalized spacial score (nSPS) is 16.2. The van der Waals surface area contributed by atoms with Gasteiger partial charge >= 0.3 is 6.03 Å². The maximum atomic E-state index is 14.2. The van der Waals surface area contributed by atoms with E-state index in [2.05, 4.69) is 72.3 Å². The monoisotopic (exact) mass is 1030 g/mol. The molecule has 1 aliphatic rings. The Balaban J connectivity index is 0.852. The molecule has 0 bridgehead atoms. The summed E-state index contributed by atoms with van der Waals surface area (Å²) in [5, 5.41) is 35.9. The van der Waals surface area contributed by atoms with Crippen LogP contribution >= 0.6 is 34.5 Å². The van der Waals surface area contributed by atoms with E-state index in [0.29, 0.717) is 30.0 Å². The molecule has 71 heavy (non-hydrogen) atoms. The highest BCUT2D eigenvalue weighted by Gasteiger charge is 2.44. The molecule has 0 spiro atoms. The lowest BCUT2D eigenvalue weighted by atomic mass is 9.76. The molecule has 6 heterocycles. The van der Waals surface area contributed by atoms with Crippen LogP contribution in [0.3, 0.4) is 0 Å². The van der Waals surface area contributed by atoms with Crippen molar-refractivity contribution >= 4 is 69.4 Å². The number of carbonyl (C=O) groups excluding carboxylic acids is 3. The Hall–Kier alpha value is -5.77. The van der Waals surface area contributed by atoms with Crippen molar-refractivity contribution < 1.29 is 29.0 Å². The number of carbonyl (C=O) groups is 3. The number of rotatable bonds is 22. The number of likely N-dealkylation sites (tertiary alicyclic amines) is 1. The van der Waals surface area contributed by atoms with E-state index in [4.69, 9.17) is 32.7 Å². The van der Waals surface area contributed by atoms with Crippen LogP contribution in [-0.4, -0.2) is 113 Å². The molecule has 5 atom stereocenters. The van der Waals surface area contributed by atoms with Crippen molar-refractivity contribution in [1.29, 1.82) is 0 Å². The van der Waals surface area contributed by atoms with Gasteiger partial charge in [-0.15, -0.1) is 16.1 Å². The van der Waals surface area contributed by atoms with Gasteiger partial charge in [-0.05, 0) is 62.8 Å². The lowest BCUT2D eigenvalue weighted by molar-refractivity contribution is -0.145. The number of aliphatic hydroxyl groups is 1. The zero-order valence-electron chi connectivity index (χ0n) is 41.1. The van der Waals surface area contributed by atoms with Gasteiger partial charge in [-0.2, -0.15) is 20.3 Å². The van der Waals surface area contributed by atoms with Crippen LogP contribution < -0.4 is 26.0 Å². The Morgan fingerprint density at radius 2 is 1.68 bits per heavy atom. The predicted octanol–water partition coefficient (Wildman–Crippen LogP) is 8.61. The van der Waals surface area contributed by atoms with Gasteiger partial charge in [0.05, 0.1) is 69.3 Å². The number of hydrogen-bond acceptors (Lipinski definition) is 14.